The van der Waals surface area contributed by atoms with Crippen molar-refractivity contribution in [3.05, 3.63) is 0 Å². The van der Waals surface area contributed by atoms with E-state index in [-0.39, 0.29) is 13.2 Å². The van der Waals surface area contributed by atoms with Crippen molar-refractivity contribution in [2.75, 3.05) is 32.9 Å². The maximum atomic E-state index is 11.5. The van der Waals surface area contributed by atoms with Crippen molar-refractivity contribution in [1.29, 1.82) is 0 Å². The number of hydrogen-bond acceptors (Lipinski definition) is 3. The van der Waals surface area contributed by atoms with E-state index >= 15 is 0 Å². The molecule has 0 saturated heterocycles. The molecule has 3 nitrogen and oxygen atoms in total. The first kappa shape index (κ1) is 13.7. The zero-order chi connectivity index (χ0) is 10.9. The van der Waals surface area contributed by atoms with E-state index in [2.05, 4.69) is 10.1 Å². The Morgan fingerprint density at radius 3 is 2.43 bits per heavy atom. The van der Waals surface area contributed by atoms with Crippen molar-refractivity contribution in [2.24, 2.45) is 0 Å². The molecule has 0 radical (unpaired) electrons. The lowest BCUT2D eigenvalue weighted by molar-refractivity contribution is -0.323. The van der Waals surface area contributed by atoms with Gasteiger partial charge in [-0.05, 0) is 19.9 Å². The minimum absolute atomic E-state index is 0.200. The van der Waals surface area contributed by atoms with Gasteiger partial charge in [-0.3, -0.25) is 4.74 Å². The van der Waals surface area contributed by atoms with E-state index in [1.807, 2.05) is 6.92 Å². The van der Waals surface area contributed by atoms with Gasteiger partial charge in [0.25, 0.3) is 0 Å². The van der Waals surface area contributed by atoms with E-state index in [1.54, 1.807) is 0 Å². The summed E-state index contributed by atoms with van der Waals surface area (Å²) in [6.07, 6.45) is -3.73. The molecule has 0 unspecified atom stereocenters. The predicted octanol–water partition coefficient (Wildman–Crippen LogP) is 1.54. The Morgan fingerprint density at radius 2 is 1.86 bits per heavy atom. The van der Waals surface area contributed by atoms with E-state index in [4.69, 9.17) is 4.74 Å². The monoisotopic (exact) mass is 215 g/mol. The van der Waals surface area contributed by atoms with Crippen molar-refractivity contribution < 1.29 is 22.6 Å². The molecule has 86 valence electrons. The second-order valence-corrected chi connectivity index (χ2v) is 2.59. The number of nitrogens with one attached hydrogen (secondary N) is 1. The molecule has 0 atom stereocenters. The molecular formula is C8H16F3NO2. The van der Waals surface area contributed by atoms with Crippen molar-refractivity contribution in [2.45, 2.75) is 19.7 Å². The molecule has 0 heterocycles. The standard InChI is InChI=1S/C8H16F3NO2/c1-2-13-6-3-4-12-5-7-14-8(9,10)11/h12H,2-7H2,1H3. The van der Waals surface area contributed by atoms with Gasteiger partial charge in [-0.1, -0.05) is 0 Å². The fourth-order valence-electron chi connectivity index (χ4n) is 0.807. The van der Waals surface area contributed by atoms with Crippen LogP contribution < -0.4 is 5.32 Å². The first-order chi connectivity index (χ1) is 6.56. The summed E-state index contributed by atoms with van der Waals surface area (Å²) < 4.78 is 43.0. The fourth-order valence-corrected chi connectivity index (χ4v) is 0.807. The average molecular weight is 215 g/mol. The quantitative estimate of drug-likeness (QED) is 0.623. The van der Waals surface area contributed by atoms with Crippen LogP contribution in [-0.4, -0.2) is 39.3 Å². The van der Waals surface area contributed by atoms with Crippen LogP contribution in [0.1, 0.15) is 13.3 Å². The Balaban J connectivity index is 2.99. The van der Waals surface area contributed by atoms with Gasteiger partial charge in [0.15, 0.2) is 0 Å². The first-order valence-electron chi connectivity index (χ1n) is 4.55. The third-order valence-corrected chi connectivity index (χ3v) is 1.39. The van der Waals surface area contributed by atoms with E-state index in [0.29, 0.717) is 19.8 Å². The number of hydrogen-bond donors (Lipinski definition) is 1. The fraction of sp³-hybridized carbons (Fsp3) is 1.00. The zero-order valence-electron chi connectivity index (χ0n) is 8.19. The van der Waals surface area contributed by atoms with Gasteiger partial charge in [0.2, 0.25) is 0 Å². The summed E-state index contributed by atoms with van der Waals surface area (Å²) in [6.45, 7) is 3.68. The van der Waals surface area contributed by atoms with E-state index in [9.17, 15) is 13.2 Å². The molecular weight excluding hydrogens is 199 g/mol. The van der Waals surface area contributed by atoms with Crippen LogP contribution in [-0.2, 0) is 9.47 Å². The summed E-state index contributed by atoms with van der Waals surface area (Å²) in [5, 5.41) is 2.81. The third kappa shape index (κ3) is 11.7. The zero-order valence-corrected chi connectivity index (χ0v) is 8.19. The summed E-state index contributed by atoms with van der Waals surface area (Å²) in [5.41, 5.74) is 0. The lowest BCUT2D eigenvalue weighted by atomic mass is 10.4. The molecule has 0 aliphatic rings. The van der Waals surface area contributed by atoms with E-state index < -0.39 is 6.36 Å². The molecule has 0 amide bonds. The van der Waals surface area contributed by atoms with Gasteiger partial charge in [-0.15, -0.1) is 13.2 Å². The minimum Gasteiger partial charge on any atom is -0.382 e. The van der Waals surface area contributed by atoms with Gasteiger partial charge in [0.1, 0.15) is 0 Å². The molecule has 0 spiro atoms. The number of halogens is 3. The van der Waals surface area contributed by atoms with Crippen LogP contribution in [0.4, 0.5) is 13.2 Å². The summed E-state index contributed by atoms with van der Waals surface area (Å²) in [5.74, 6) is 0. The maximum Gasteiger partial charge on any atom is 0.522 e. The van der Waals surface area contributed by atoms with Gasteiger partial charge >= 0.3 is 6.36 Å². The predicted molar refractivity (Wildman–Crippen MR) is 46.0 cm³/mol. The second kappa shape index (κ2) is 8.02. The molecule has 0 aromatic carbocycles. The van der Waals surface area contributed by atoms with Gasteiger partial charge in [-0.2, -0.15) is 0 Å². The molecule has 0 rings (SSSR count). The number of ether oxygens (including phenoxy) is 2. The van der Waals surface area contributed by atoms with Gasteiger partial charge < -0.3 is 10.1 Å². The Hall–Kier alpha value is -0.330. The Bertz CT molecular complexity index is 130. The molecule has 0 fully saturated rings. The lowest BCUT2D eigenvalue weighted by Crippen LogP contribution is -2.25. The van der Waals surface area contributed by atoms with Crippen molar-refractivity contribution in [3.8, 4) is 0 Å². The highest BCUT2D eigenvalue weighted by atomic mass is 19.4. The molecule has 0 aromatic heterocycles. The molecule has 0 bridgehead atoms. The SMILES string of the molecule is CCOCCCNCCOC(F)(F)F. The van der Waals surface area contributed by atoms with Crippen LogP contribution in [0.3, 0.4) is 0 Å². The summed E-state index contributed by atoms with van der Waals surface area (Å²) in [4.78, 5) is 0. The largest absolute Gasteiger partial charge is 0.522 e. The smallest absolute Gasteiger partial charge is 0.382 e. The highest BCUT2D eigenvalue weighted by Crippen LogP contribution is 2.14. The number of rotatable bonds is 8. The average Bonchev–Trinajstić information content (AvgIpc) is 2.08. The Labute approximate surface area is 81.6 Å². The minimum atomic E-state index is -4.52. The normalized spacial score (nSPS) is 12.0. The molecule has 0 aliphatic carbocycles. The van der Waals surface area contributed by atoms with Crippen LogP contribution >= 0.6 is 0 Å². The van der Waals surface area contributed by atoms with Crippen molar-refractivity contribution >= 4 is 0 Å². The van der Waals surface area contributed by atoms with Crippen LogP contribution in [0.5, 0.6) is 0 Å². The Morgan fingerprint density at radius 1 is 1.14 bits per heavy atom. The molecule has 0 saturated carbocycles. The van der Waals surface area contributed by atoms with E-state index in [0.717, 1.165) is 6.42 Å². The van der Waals surface area contributed by atoms with Crippen LogP contribution in [0.25, 0.3) is 0 Å². The van der Waals surface area contributed by atoms with Crippen molar-refractivity contribution in [3.63, 3.8) is 0 Å². The maximum absolute atomic E-state index is 11.5. The van der Waals surface area contributed by atoms with Gasteiger partial charge in [0.05, 0.1) is 6.61 Å². The topological polar surface area (TPSA) is 30.5 Å². The third-order valence-electron chi connectivity index (χ3n) is 1.39. The van der Waals surface area contributed by atoms with Gasteiger partial charge in [0, 0.05) is 19.8 Å². The molecule has 6 heteroatoms. The van der Waals surface area contributed by atoms with Crippen molar-refractivity contribution in [1.82, 2.24) is 5.32 Å². The van der Waals surface area contributed by atoms with Crippen LogP contribution in [0.2, 0.25) is 0 Å². The summed E-state index contributed by atoms with van der Waals surface area (Å²) in [7, 11) is 0. The summed E-state index contributed by atoms with van der Waals surface area (Å²) in [6, 6.07) is 0. The Kier molecular flexibility index (Phi) is 7.83. The lowest BCUT2D eigenvalue weighted by Gasteiger charge is -2.08. The summed E-state index contributed by atoms with van der Waals surface area (Å²) >= 11 is 0. The van der Waals surface area contributed by atoms with Gasteiger partial charge in [-0.25, -0.2) is 0 Å². The number of alkyl halides is 3. The molecule has 0 aliphatic heterocycles. The van der Waals surface area contributed by atoms with Crippen LogP contribution in [0.15, 0.2) is 0 Å². The molecule has 0 aromatic rings. The molecule has 1 N–H and O–H groups in total. The second-order valence-electron chi connectivity index (χ2n) is 2.59. The van der Waals surface area contributed by atoms with Crippen LogP contribution in [0, 0.1) is 0 Å². The molecule has 14 heavy (non-hydrogen) atoms. The highest BCUT2D eigenvalue weighted by molar-refractivity contribution is 4.46. The first-order valence-corrected chi connectivity index (χ1v) is 4.55. The van der Waals surface area contributed by atoms with E-state index in [1.165, 1.54) is 0 Å². The highest BCUT2D eigenvalue weighted by Gasteiger charge is 2.28.